The lowest BCUT2D eigenvalue weighted by Crippen LogP contribution is -2.29. The number of aromatic nitrogens is 2. The maximum absolute atomic E-state index is 12.4. The van der Waals surface area contributed by atoms with E-state index in [2.05, 4.69) is 16.0 Å². The molecule has 0 N–H and O–H groups in total. The fourth-order valence-corrected chi connectivity index (χ4v) is 3.82. The van der Waals surface area contributed by atoms with Crippen LogP contribution in [0.4, 0.5) is 0 Å². The van der Waals surface area contributed by atoms with E-state index in [1.54, 1.807) is 24.3 Å². The fourth-order valence-electron chi connectivity index (χ4n) is 2.89. The van der Waals surface area contributed by atoms with Crippen molar-refractivity contribution in [2.24, 2.45) is 0 Å². The summed E-state index contributed by atoms with van der Waals surface area (Å²) in [5.74, 6) is -0.275. The number of carbonyl (C=O) groups excluding carboxylic acids is 2. The smallest absolute Gasteiger partial charge is 0.262 e. The van der Waals surface area contributed by atoms with E-state index >= 15 is 0 Å². The van der Waals surface area contributed by atoms with Gasteiger partial charge in [-0.05, 0) is 49.2 Å². The topological polar surface area (TPSA) is 63.2 Å². The first kappa shape index (κ1) is 15.8. The van der Waals surface area contributed by atoms with E-state index in [-0.39, 0.29) is 17.7 Å². The van der Waals surface area contributed by atoms with Crippen molar-refractivity contribution in [2.75, 3.05) is 5.88 Å². The van der Waals surface area contributed by atoms with Gasteiger partial charge in [0.1, 0.15) is 11.4 Å². The van der Waals surface area contributed by atoms with Crippen LogP contribution in [-0.2, 0) is 0 Å². The van der Waals surface area contributed by atoms with Crippen molar-refractivity contribution in [3.05, 3.63) is 65.0 Å². The molecule has 1 aliphatic rings. The summed E-state index contributed by atoms with van der Waals surface area (Å²) in [4.78, 5) is 34.8. The second-order valence-electron chi connectivity index (χ2n) is 5.99. The second kappa shape index (κ2) is 5.97. The van der Waals surface area contributed by atoms with Crippen molar-refractivity contribution in [1.82, 2.24) is 14.9 Å². The number of amides is 2. The summed E-state index contributed by atoms with van der Waals surface area (Å²) in [7, 11) is 0. The Hall–Kier alpha value is -2.73. The molecule has 2 heterocycles. The van der Waals surface area contributed by atoms with Crippen LogP contribution in [0.3, 0.4) is 0 Å². The molecule has 2 amide bonds. The molecular weight excluding hydrogens is 334 g/mol. The van der Waals surface area contributed by atoms with Crippen LogP contribution in [0.2, 0.25) is 0 Å². The number of hydrogen-bond acceptors (Lipinski definition) is 5. The number of rotatable bonds is 3. The number of carbonyl (C=O) groups is 2. The van der Waals surface area contributed by atoms with Crippen LogP contribution in [-0.4, -0.2) is 32.6 Å². The Kier molecular flexibility index (Phi) is 3.77. The van der Waals surface area contributed by atoms with Gasteiger partial charge in [-0.25, -0.2) is 9.97 Å². The molecule has 124 valence electrons. The van der Waals surface area contributed by atoms with Crippen molar-refractivity contribution >= 4 is 34.5 Å². The van der Waals surface area contributed by atoms with Gasteiger partial charge >= 0.3 is 0 Å². The van der Waals surface area contributed by atoms with E-state index < -0.39 is 0 Å². The second-order valence-corrected chi connectivity index (χ2v) is 6.92. The van der Waals surface area contributed by atoms with Crippen molar-refractivity contribution in [1.29, 1.82) is 0 Å². The van der Waals surface area contributed by atoms with Crippen LogP contribution in [0.5, 0.6) is 0 Å². The van der Waals surface area contributed by atoms with Crippen LogP contribution >= 0.6 is 11.8 Å². The van der Waals surface area contributed by atoms with Crippen LogP contribution < -0.4 is 0 Å². The number of fused-ring (bicyclic) bond motifs is 2. The largest absolute Gasteiger partial charge is 0.269 e. The monoisotopic (exact) mass is 349 g/mol. The number of aryl methyl sites for hydroxylation is 2. The molecule has 0 saturated carbocycles. The average molecular weight is 349 g/mol. The molecule has 6 heteroatoms. The highest BCUT2D eigenvalue weighted by atomic mass is 32.2. The summed E-state index contributed by atoms with van der Waals surface area (Å²) in [6.45, 7) is 4.09. The predicted molar refractivity (Wildman–Crippen MR) is 96.7 cm³/mol. The molecule has 0 atom stereocenters. The normalized spacial score (nSPS) is 13.6. The van der Waals surface area contributed by atoms with Crippen LogP contribution in [0.1, 0.15) is 31.8 Å². The van der Waals surface area contributed by atoms with Gasteiger partial charge in [0.2, 0.25) is 0 Å². The molecule has 4 rings (SSSR count). The minimum absolute atomic E-state index is 0.228. The number of hydrogen-bond donors (Lipinski definition) is 0. The third-order valence-corrected chi connectivity index (χ3v) is 5.41. The van der Waals surface area contributed by atoms with Gasteiger partial charge in [-0.3, -0.25) is 14.5 Å². The molecule has 0 spiro atoms. The van der Waals surface area contributed by atoms with Crippen molar-refractivity contribution < 1.29 is 9.59 Å². The van der Waals surface area contributed by atoms with Crippen molar-refractivity contribution in [2.45, 2.75) is 18.9 Å². The van der Waals surface area contributed by atoms with E-state index in [9.17, 15) is 9.59 Å². The first-order chi connectivity index (χ1) is 12.1. The van der Waals surface area contributed by atoms with Gasteiger partial charge in [-0.15, -0.1) is 0 Å². The van der Waals surface area contributed by atoms with E-state index in [4.69, 9.17) is 0 Å². The third-order valence-electron chi connectivity index (χ3n) is 4.42. The van der Waals surface area contributed by atoms with E-state index in [1.165, 1.54) is 28.6 Å². The highest BCUT2D eigenvalue weighted by Crippen LogP contribution is 2.30. The van der Waals surface area contributed by atoms with Gasteiger partial charge < -0.3 is 0 Å². The predicted octanol–water partition coefficient (Wildman–Crippen LogP) is 3.59. The molecule has 25 heavy (non-hydrogen) atoms. The Morgan fingerprint density at radius 2 is 1.60 bits per heavy atom. The lowest BCUT2D eigenvalue weighted by Gasteiger charge is -2.14. The van der Waals surface area contributed by atoms with Gasteiger partial charge in [0.05, 0.1) is 22.5 Å². The molecule has 0 bridgehead atoms. The molecule has 5 nitrogen and oxygen atoms in total. The molecule has 0 aliphatic carbocycles. The van der Waals surface area contributed by atoms with Gasteiger partial charge in [0, 0.05) is 5.39 Å². The van der Waals surface area contributed by atoms with Gasteiger partial charge in [-0.1, -0.05) is 23.9 Å². The number of thioether (sulfide) groups is 1. The summed E-state index contributed by atoms with van der Waals surface area (Å²) in [5, 5.41) is 1.71. The first-order valence-corrected chi connectivity index (χ1v) is 8.85. The third kappa shape index (κ3) is 2.59. The van der Waals surface area contributed by atoms with Crippen LogP contribution in [0.15, 0.2) is 47.8 Å². The number of benzene rings is 2. The summed E-state index contributed by atoms with van der Waals surface area (Å²) in [6.07, 6.45) is 1.52. The first-order valence-electron chi connectivity index (χ1n) is 7.86. The zero-order valence-electron chi connectivity index (χ0n) is 13.8. The fraction of sp³-hybridized carbons (Fsp3) is 0.158. The summed E-state index contributed by atoms with van der Waals surface area (Å²) >= 11 is 1.37. The highest BCUT2D eigenvalue weighted by Gasteiger charge is 2.35. The molecule has 1 aromatic heterocycles. The Labute approximate surface area is 149 Å². The SMILES string of the molecule is Cc1cc2ncnc(SCN3C(=O)c4ccccc4C3=O)c2cc1C. The van der Waals surface area contributed by atoms with Gasteiger partial charge in [0.15, 0.2) is 0 Å². The summed E-state index contributed by atoms with van der Waals surface area (Å²) in [5.41, 5.74) is 4.12. The maximum Gasteiger partial charge on any atom is 0.262 e. The molecule has 3 aromatic rings. The molecule has 0 radical (unpaired) electrons. The van der Waals surface area contributed by atoms with Gasteiger partial charge in [-0.2, -0.15) is 0 Å². The Bertz CT molecular complexity index is 997. The molecule has 2 aromatic carbocycles. The van der Waals surface area contributed by atoms with Crippen molar-refractivity contribution in [3.8, 4) is 0 Å². The zero-order chi connectivity index (χ0) is 17.6. The zero-order valence-corrected chi connectivity index (χ0v) is 14.6. The standard InChI is InChI=1S/C19H15N3O2S/c1-11-7-15-16(8-12(11)2)20-9-21-17(15)25-10-22-18(23)13-5-3-4-6-14(13)19(22)24/h3-9H,10H2,1-2H3. The quantitative estimate of drug-likeness (QED) is 0.411. The number of nitrogens with zero attached hydrogens (tertiary/aromatic N) is 3. The van der Waals surface area contributed by atoms with E-state index in [1.807, 2.05) is 19.9 Å². The highest BCUT2D eigenvalue weighted by molar-refractivity contribution is 7.99. The molecular formula is C19H15N3O2S. The maximum atomic E-state index is 12.4. The lowest BCUT2D eigenvalue weighted by molar-refractivity contribution is 0.0684. The van der Waals surface area contributed by atoms with Crippen LogP contribution in [0.25, 0.3) is 10.9 Å². The van der Waals surface area contributed by atoms with Crippen molar-refractivity contribution in [3.63, 3.8) is 0 Å². The molecule has 0 unspecified atom stereocenters. The summed E-state index contributed by atoms with van der Waals surface area (Å²) in [6, 6.07) is 11.0. The molecule has 0 saturated heterocycles. The Balaban J connectivity index is 1.63. The Morgan fingerprint density at radius 1 is 0.960 bits per heavy atom. The Morgan fingerprint density at radius 3 is 2.28 bits per heavy atom. The van der Waals surface area contributed by atoms with E-state index in [0.717, 1.165) is 21.5 Å². The minimum Gasteiger partial charge on any atom is -0.269 e. The minimum atomic E-state index is -0.251. The molecule has 1 aliphatic heterocycles. The average Bonchev–Trinajstić information content (AvgIpc) is 2.86. The lowest BCUT2D eigenvalue weighted by atomic mass is 10.1. The number of imide groups is 1. The molecule has 0 fully saturated rings. The van der Waals surface area contributed by atoms with Gasteiger partial charge in [0.25, 0.3) is 11.8 Å². The van der Waals surface area contributed by atoms with E-state index in [0.29, 0.717) is 11.1 Å². The summed E-state index contributed by atoms with van der Waals surface area (Å²) < 4.78 is 0. The van der Waals surface area contributed by atoms with Crippen LogP contribution in [0, 0.1) is 13.8 Å².